The Morgan fingerprint density at radius 2 is 1.94 bits per heavy atom. The molecule has 1 aromatic heterocycles. The Morgan fingerprint density at radius 1 is 1.17 bits per heavy atom. The van der Waals surface area contributed by atoms with Crippen LogP contribution in [0.5, 0.6) is 11.5 Å². The normalized spacial score (nSPS) is 14.7. The molecule has 200 valence electrons. The van der Waals surface area contributed by atoms with Gasteiger partial charge in [-0.05, 0) is 91.9 Å². The molecule has 0 saturated carbocycles. The summed E-state index contributed by atoms with van der Waals surface area (Å²) in [5, 5.41) is 3.14. The van der Waals surface area contributed by atoms with Crippen molar-refractivity contribution in [3.05, 3.63) is 36.4 Å². The number of imidazole rings is 1. The third kappa shape index (κ3) is 8.13. The highest BCUT2D eigenvalue weighted by Crippen LogP contribution is 2.34. The maximum absolute atomic E-state index is 13.4. The predicted octanol–water partition coefficient (Wildman–Crippen LogP) is 3.62. The summed E-state index contributed by atoms with van der Waals surface area (Å²) in [6.45, 7) is 7.10. The molecule has 0 atom stereocenters. The maximum atomic E-state index is 13.4. The predicted molar refractivity (Wildman–Crippen MR) is 144 cm³/mol. The molecule has 1 fully saturated rings. The van der Waals surface area contributed by atoms with E-state index in [0.29, 0.717) is 24.7 Å². The monoisotopic (exact) mass is 500 g/mol. The number of carbonyl (C=O) groups excluding carboxylic acids is 1. The van der Waals surface area contributed by atoms with Gasteiger partial charge in [0.2, 0.25) is 0 Å². The molecule has 2 aromatic rings. The number of nitrogens with zero attached hydrogens (tertiary/aromatic N) is 5. The Balaban J connectivity index is 1.65. The number of rotatable bonds is 13. The van der Waals surface area contributed by atoms with Crippen LogP contribution in [0.25, 0.3) is 0 Å². The number of hydrogen-bond donors (Lipinski definition) is 1. The Kier molecular flexibility index (Phi) is 10.9. The number of aryl methyl sites for hydroxylation is 2. The van der Waals surface area contributed by atoms with Gasteiger partial charge in [0.15, 0.2) is 11.5 Å². The topological polar surface area (TPSA) is 75.1 Å². The van der Waals surface area contributed by atoms with Crippen molar-refractivity contribution in [1.29, 1.82) is 0 Å². The number of carbonyl (C=O) groups is 1. The Bertz CT molecular complexity index is 939. The number of aromatic nitrogens is 2. The molecule has 1 aliphatic rings. The van der Waals surface area contributed by atoms with Crippen LogP contribution in [0.2, 0.25) is 0 Å². The summed E-state index contributed by atoms with van der Waals surface area (Å²) in [4.78, 5) is 24.0. The standard InChI is InChI=1S/C27H44N6O3/c1-22-20-28-21-32(22)15-8-13-29-27(34)33(23-11-16-31(4)17-12-23)24-9-10-25(26(19-24)35-5)36-18-7-6-14-30(2)3/h9-10,19-21,23H,6-8,11-18H2,1-5H3,(H,29,34). The summed E-state index contributed by atoms with van der Waals surface area (Å²) in [7, 11) is 7.94. The molecule has 0 bridgehead atoms. The first-order chi connectivity index (χ1) is 17.4. The van der Waals surface area contributed by atoms with Crippen molar-refractivity contribution in [3.63, 3.8) is 0 Å². The van der Waals surface area contributed by atoms with Crippen molar-refractivity contribution >= 4 is 11.7 Å². The molecule has 0 spiro atoms. The van der Waals surface area contributed by atoms with Gasteiger partial charge in [0.05, 0.1) is 20.0 Å². The number of nitrogens with one attached hydrogen (secondary N) is 1. The average Bonchev–Trinajstić information content (AvgIpc) is 3.27. The van der Waals surface area contributed by atoms with Crippen LogP contribution in [-0.4, -0.2) is 92.5 Å². The largest absolute Gasteiger partial charge is 0.493 e. The molecule has 2 amide bonds. The Labute approximate surface area is 216 Å². The number of ether oxygens (including phenoxy) is 2. The molecule has 0 unspecified atom stereocenters. The quantitative estimate of drug-likeness (QED) is 0.424. The van der Waals surface area contributed by atoms with Crippen LogP contribution in [0, 0.1) is 6.92 Å². The third-order valence-corrected chi connectivity index (χ3v) is 6.73. The smallest absolute Gasteiger partial charge is 0.322 e. The van der Waals surface area contributed by atoms with E-state index in [1.54, 1.807) is 7.11 Å². The second-order valence-electron chi connectivity index (χ2n) is 9.91. The van der Waals surface area contributed by atoms with E-state index in [0.717, 1.165) is 69.7 Å². The highest BCUT2D eigenvalue weighted by molar-refractivity contribution is 5.93. The van der Waals surface area contributed by atoms with Crippen molar-refractivity contribution in [3.8, 4) is 11.5 Å². The molecule has 0 radical (unpaired) electrons. The molecular formula is C27H44N6O3. The molecule has 3 rings (SSSR count). The van der Waals surface area contributed by atoms with Crippen LogP contribution in [0.15, 0.2) is 30.7 Å². The number of likely N-dealkylation sites (tertiary alicyclic amines) is 1. The lowest BCUT2D eigenvalue weighted by atomic mass is 10.0. The third-order valence-electron chi connectivity index (χ3n) is 6.73. The molecule has 9 heteroatoms. The van der Waals surface area contributed by atoms with E-state index in [-0.39, 0.29) is 12.1 Å². The van der Waals surface area contributed by atoms with Gasteiger partial charge in [-0.2, -0.15) is 0 Å². The van der Waals surface area contributed by atoms with Crippen LogP contribution in [0.4, 0.5) is 10.5 Å². The van der Waals surface area contributed by atoms with E-state index in [4.69, 9.17) is 9.47 Å². The lowest BCUT2D eigenvalue weighted by molar-refractivity contribution is 0.226. The van der Waals surface area contributed by atoms with Crippen molar-refractivity contribution in [1.82, 2.24) is 24.7 Å². The fourth-order valence-corrected chi connectivity index (χ4v) is 4.54. The van der Waals surface area contributed by atoms with Crippen LogP contribution in [0.1, 0.15) is 37.8 Å². The number of anilines is 1. The number of urea groups is 1. The van der Waals surface area contributed by atoms with Gasteiger partial charge in [-0.15, -0.1) is 0 Å². The number of unbranched alkanes of at least 4 members (excludes halogenated alkanes) is 1. The van der Waals surface area contributed by atoms with Gasteiger partial charge in [-0.1, -0.05) is 0 Å². The summed E-state index contributed by atoms with van der Waals surface area (Å²) in [6, 6.07) is 5.91. The number of methoxy groups -OCH3 is 1. The van der Waals surface area contributed by atoms with Gasteiger partial charge in [-0.3, -0.25) is 4.90 Å². The fourth-order valence-electron chi connectivity index (χ4n) is 4.54. The molecular weight excluding hydrogens is 456 g/mol. The van der Waals surface area contributed by atoms with E-state index < -0.39 is 0 Å². The van der Waals surface area contributed by atoms with Crippen LogP contribution in [0.3, 0.4) is 0 Å². The second-order valence-corrected chi connectivity index (χ2v) is 9.91. The van der Waals surface area contributed by atoms with Gasteiger partial charge >= 0.3 is 6.03 Å². The van der Waals surface area contributed by atoms with Crippen molar-refractivity contribution in [2.45, 2.75) is 51.6 Å². The van der Waals surface area contributed by atoms with E-state index in [1.165, 1.54) is 0 Å². The first-order valence-electron chi connectivity index (χ1n) is 13.1. The summed E-state index contributed by atoms with van der Waals surface area (Å²) in [5.41, 5.74) is 1.96. The van der Waals surface area contributed by atoms with Crippen LogP contribution in [-0.2, 0) is 6.54 Å². The molecule has 1 aliphatic heterocycles. The summed E-state index contributed by atoms with van der Waals surface area (Å²) >= 11 is 0. The molecule has 1 saturated heterocycles. The summed E-state index contributed by atoms with van der Waals surface area (Å²) in [6.07, 6.45) is 8.46. The number of benzene rings is 1. The SMILES string of the molecule is COc1cc(N(C(=O)NCCCn2cncc2C)C2CCN(C)CC2)ccc1OCCCCN(C)C. The fraction of sp³-hybridized carbons (Fsp3) is 0.630. The molecule has 9 nitrogen and oxygen atoms in total. The van der Waals surface area contributed by atoms with Gasteiger partial charge in [-0.25, -0.2) is 9.78 Å². The lowest BCUT2D eigenvalue weighted by Crippen LogP contribution is -2.50. The minimum absolute atomic E-state index is 0.0636. The molecule has 1 N–H and O–H groups in total. The van der Waals surface area contributed by atoms with Gasteiger partial charge in [0, 0.05) is 42.8 Å². The lowest BCUT2D eigenvalue weighted by Gasteiger charge is -2.37. The molecule has 0 aliphatic carbocycles. The van der Waals surface area contributed by atoms with Crippen LogP contribution >= 0.6 is 0 Å². The van der Waals surface area contributed by atoms with Crippen molar-refractivity contribution in [2.75, 3.05) is 65.9 Å². The summed E-state index contributed by atoms with van der Waals surface area (Å²) < 4.78 is 13.8. The highest BCUT2D eigenvalue weighted by Gasteiger charge is 2.29. The van der Waals surface area contributed by atoms with Crippen LogP contribution < -0.4 is 19.7 Å². The van der Waals surface area contributed by atoms with E-state index >= 15 is 0 Å². The van der Waals surface area contributed by atoms with Crippen molar-refractivity contribution in [2.24, 2.45) is 0 Å². The minimum Gasteiger partial charge on any atom is -0.493 e. The zero-order chi connectivity index (χ0) is 25.9. The van der Waals surface area contributed by atoms with Crippen molar-refractivity contribution < 1.29 is 14.3 Å². The minimum atomic E-state index is -0.0636. The highest BCUT2D eigenvalue weighted by atomic mass is 16.5. The van der Waals surface area contributed by atoms with E-state index in [9.17, 15) is 4.79 Å². The zero-order valence-corrected chi connectivity index (χ0v) is 22.7. The average molecular weight is 501 g/mol. The maximum Gasteiger partial charge on any atom is 0.322 e. The number of piperidine rings is 1. The number of amides is 2. The first kappa shape index (κ1) is 27.8. The molecule has 2 heterocycles. The zero-order valence-electron chi connectivity index (χ0n) is 22.7. The first-order valence-corrected chi connectivity index (χ1v) is 13.1. The Morgan fingerprint density at radius 3 is 2.61 bits per heavy atom. The number of hydrogen-bond acceptors (Lipinski definition) is 6. The second kappa shape index (κ2) is 14.1. The van der Waals surface area contributed by atoms with Gasteiger partial charge in [0.1, 0.15) is 0 Å². The van der Waals surface area contributed by atoms with Gasteiger partial charge < -0.3 is 29.2 Å². The Hall–Kier alpha value is -2.78. The van der Waals surface area contributed by atoms with Gasteiger partial charge in [0.25, 0.3) is 0 Å². The molecule has 1 aromatic carbocycles. The van der Waals surface area contributed by atoms with E-state index in [2.05, 4.69) is 45.8 Å². The molecule has 36 heavy (non-hydrogen) atoms. The summed E-state index contributed by atoms with van der Waals surface area (Å²) in [5.74, 6) is 1.37. The van der Waals surface area contributed by atoms with E-state index in [1.807, 2.05) is 42.5 Å².